The first kappa shape index (κ1) is 16.2. The van der Waals surface area contributed by atoms with Crippen molar-refractivity contribution < 1.29 is 4.79 Å². The molecule has 2 aromatic carbocycles. The second-order valence-electron chi connectivity index (χ2n) is 4.89. The maximum Gasteiger partial charge on any atom is 0.252 e. The standard InChI is InChI=1S/C17H13BrIN3O/c18-13-6-7-15(19)14(10-13)17(23)20-11-12-4-1-2-5-16(12)22-9-3-8-21-22/h1-10H,11H2,(H,20,23). The molecule has 3 rings (SSSR count). The van der Waals surface area contributed by atoms with Gasteiger partial charge in [-0.1, -0.05) is 34.1 Å². The van der Waals surface area contributed by atoms with E-state index < -0.39 is 0 Å². The molecule has 0 saturated heterocycles. The van der Waals surface area contributed by atoms with Gasteiger partial charge < -0.3 is 5.32 Å². The highest BCUT2D eigenvalue weighted by molar-refractivity contribution is 14.1. The molecule has 6 heteroatoms. The van der Waals surface area contributed by atoms with Crippen molar-refractivity contribution in [3.63, 3.8) is 0 Å². The van der Waals surface area contributed by atoms with Crippen LogP contribution in [-0.2, 0) is 6.54 Å². The zero-order chi connectivity index (χ0) is 16.2. The third-order valence-corrected chi connectivity index (χ3v) is 4.79. The van der Waals surface area contributed by atoms with Gasteiger partial charge in [-0.2, -0.15) is 5.10 Å². The van der Waals surface area contributed by atoms with E-state index in [-0.39, 0.29) is 5.91 Å². The van der Waals surface area contributed by atoms with E-state index in [1.807, 2.05) is 54.7 Å². The molecule has 3 aromatic rings. The van der Waals surface area contributed by atoms with Crippen molar-refractivity contribution in [2.45, 2.75) is 6.54 Å². The van der Waals surface area contributed by atoms with E-state index in [9.17, 15) is 4.79 Å². The Morgan fingerprint density at radius 1 is 1.22 bits per heavy atom. The van der Waals surface area contributed by atoms with E-state index in [1.54, 1.807) is 10.9 Å². The fourth-order valence-corrected chi connectivity index (χ4v) is 3.18. The average Bonchev–Trinajstić information content (AvgIpc) is 3.09. The first-order chi connectivity index (χ1) is 11.1. The molecule has 0 unspecified atom stereocenters. The van der Waals surface area contributed by atoms with Gasteiger partial charge in [0.25, 0.3) is 5.91 Å². The molecule has 0 fully saturated rings. The molecule has 116 valence electrons. The minimum Gasteiger partial charge on any atom is -0.348 e. The maximum atomic E-state index is 12.4. The molecule has 4 nitrogen and oxygen atoms in total. The molecule has 0 aliphatic carbocycles. The van der Waals surface area contributed by atoms with Crippen molar-refractivity contribution >= 4 is 44.4 Å². The predicted octanol–water partition coefficient (Wildman–Crippen LogP) is 4.17. The quantitative estimate of drug-likeness (QED) is 0.568. The molecule has 1 aromatic heterocycles. The molecule has 1 N–H and O–H groups in total. The second kappa shape index (κ2) is 7.27. The number of halogens is 2. The van der Waals surface area contributed by atoms with E-state index in [0.29, 0.717) is 12.1 Å². The van der Waals surface area contributed by atoms with Gasteiger partial charge >= 0.3 is 0 Å². The number of rotatable bonds is 4. The Morgan fingerprint density at radius 2 is 2.04 bits per heavy atom. The topological polar surface area (TPSA) is 46.9 Å². The van der Waals surface area contributed by atoms with E-state index in [4.69, 9.17) is 0 Å². The van der Waals surface area contributed by atoms with Gasteiger partial charge in [0, 0.05) is 27.0 Å². The molecule has 0 spiro atoms. The fourth-order valence-electron chi connectivity index (χ4n) is 2.24. The first-order valence-corrected chi connectivity index (χ1v) is 8.83. The summed E-state index contributed by atoms with van der Waals surface area (Å²) in [6.07, 6.45) is 3.62. The molecule has 0 aliphatic rings. The van der Waals surface area contributed by atoms with Gasteiger partial charge in [0.1, 0.15) is 0 Å². The number of benzene rings is 2. The summed E-state index contributed by atoms with van der Waals surface area (Å²) in [5.74, 6) is -0.0917. The molecule has 0 aliphatic heterocycles. The van der Waals surface area contributed by atoms with Crippen molar-refractivity contribution in [3.8, 4) is 5.69 Å². The summed E-state index contributed by atoms with van der Waals surface area (Å²) in [5, 5.41) is 7.23. The average molecular weight is 482 g/mol. The zero-order valence-electron chi connectivity index (χ0n) is 12.0. The normalized spacial score (nSPS) is 10.5. The number of nitrogens with one attached hydrogen (secondary N) is 1. The van der Waals surface area contributed by atoms with Crippen LogP contribution in [0.1, 0.15) is 15.9 Å². The molecule has 0 saturated carbocycles. The Bertz CT molecular complexity index is 834. The van der Waals surface area contributed by atoms with Crippen LogP contribution < -0.4 is 5.32 Å². The lowest BCUT2D eigenvalue weighted by molar-refractivity contribution is 0.0950. The number of para-hydroxylation sites is 1. The largest absolute Gasteiger partial charge is 0.348 e. The van der Waals surface area contributed by atoms with Crippen molar-refractivity contribution in [2.75, 3.05) is 0 Å². The molecular weight excluding hydrogens is 469 g/mol. The van der Waals surface area contributed by atoms with Crippen LogP contribution in [0.5, 0.6) is 0 Å². The van der Waals surface area contributed by atoms with Crippen LogP contribution in [0.15, 0.2) is 65.4 Å². The van der Waals surface area contributed by atoms with Crippen molar-refractivity contribution in [1.29, 1.82) is 0 Å². The Morgan fingerprint density at radius 3 is 2.83 bits per heavy atom. The van der Waals surface area contributed by atoms with Crippen LogP contribution in [0.4, 0.5) is 0 Å². The molecule has 1 amide bonds. The van der Waals surface area contributed by atoms with Crippen LogP contribution in [0.25, 0.3) is 5.69 Å². The SMILES string of the molecule is O=C(NCc1ccccc1-n1cccn1)c1cc(Br)ccc1I. The number of aromatic nitrogens is 2. The van der Waals surface area contributed by atoms with E-state index in [0.717, 1.165) is 19.3 Å². The first-order valence-electron chi connectivity index (χ1n) is 6.96. The number of carbonyl (C=O) groups excluding carboxylic acids is 1. The van der Waals surface area contributed by atoms with Crippen molar-refractivity contribution in [1.82, 2.24) is 15.1 Å². The lowest BCUT2D eigenvalue weighted by Gasteiger charge is -2.11. The highest BCUT2D eigenvalue weighted by Gasteiger charge is 2.11. The van der Waals surface area contributed by atoms with Crippen LogP contribution in [0, 0.1) is 3.57 Å². The third kappa shape index (κ3) is 3.81. The second-order valence-corrected chi connectivity index (χ2v) is 6.96. The number of hydrogen-bond donors (Lipinski definition) is 1. The fraction of sp³-hybridized carbons (Fsp3) is 0.0588. The van der Waals surface area contributed by atoms with Gasteiger partial charge in [0.15, 0.2) is 0 Å². The van der Waals surface area contributed by atoms with E-state index in [2.05, 4.69) is 48.9 Å². The summed E-state index contributed by atoms with van der Waals surface area (Å²) in [6, 6.07) is 15.4. The Balaban J connectivity index is 1.79. The summed E-state index contributed by atoms with van der Waals surface area (Å²) < 4.78 is 3.60. The van der Waals surface area contributed by atoms with Crippen LogP contribution in [-0.4, -0.2) is 15.7 Å². The zero-order valence-corrected chi connectivity index (χ0v) is 15.8. The lowest BCUT2D eigenvalue weighted by Crippen LogP contribution is -2.24. The Kier molecular flexibility index (Phi) is 5.12. The van der Waals surface area contributed by atoms with Crippen LogP contribution in [0.3, 0.4) is 0 Å². The predicted molar refractivity (Wildman–Crippen MR) is 102 cm³/mol. The summed E-state index contributed by atoms with van der Waals surface area (Å²) in [5.41, 5.74) is 2.63. The Labute approximate surface area is 156 Å². The molecule has 0 radical (unpaired) electrons. The van der Waals surface area contributed by atoms with Gasteiger partial charge in [-0.05, 0) is 58.5 Å². The highest BCUT2D eigenvalue weighted by atomic mass is 127. The van der Waals surface area contributed by atoms with Gasteiger partial charge in [-0.15, -0.1) is 0 Å². The molecule has 0 atom stereocenters. The molecule has 0 bridgehead atoms. The summed E-state index contributed by atoms with van der Waals surface area (Å²) in [6.45, 7) is 0.442. The van der Waals surface area contributed by atoms with E-state index >= 15 is 0 Å². The highest BCUT2D eigenvalue weighted by Crippen LogP contribution is 2.19. The monoisotopic (exact) mass is 481 g/mol. The molecular formula is C17H13BrIN3O. The number of nitrogens with zero attached hydrogens (tertiary/aromatic N) is 2. The summed E-state index contributed by atoms with van der Waals surface area (Å²) in [7, 11) is 0. The maximum absolute atomic E-state index is 12.4. The minimum absolute atomic E-state index is 0.0917. The van der Waals surface area contributed by atoms with Gasteiger partial charge in [-0.3, -0.25) is 4.79 Å². The van der Waals surface area contributed by atoms with Gasteiger partial charge in [0.2, 0.25) is 0 Å². The number of carbonyl (C=O) groups is 1. The van der Waals surface area contributed by atoms with Crippen molar-refractivity contribution in [3.05, 3.63) is 80.1 Å². The Hall–Kier alpha value is -1.67. The number of amides is 1. The minimum atomic E-state index is -0.0917. The van der Waals surface area contributed by atoms with Crippen molar-refractivity contribution in [2.24, 2.45) is 0 Å². The van der Waals surface area contributed by atoms with Gasteiger partial charge in [0.05, 0.1) is 11.3 Å². The van der Waals surface area contributed by atoms with Crippen LogP contribution in [0.2, 0.25) is 0 Å². The third-order valence-electron chi connectivity index (χ3n) is 3.36. The lowest BCUT2D eigenvalue weighted by atomic mass is 10.1. The van der Waals surface area contributed by atoms with E-state index in [1.165, 1.54) is 0 Å². The number of hydrogen-bond acceptors (Lipinski definition) is 2. The summed E-state index contributed by atoms with van der Waals surface area (Å²) >= 11 is 5.57. The van der Waals surface area contributed by atoms with Crippen LogP contribution >= 0.6 is 38.5 Å². The smallest absolute Gasteiger partial charge is 0.252 e. The van der Waals surface area contributed by atoms with Gasteiger partial charge in [-0.25, -0.2) is 4.68 Å². The summed E-state index contributed by atoms with van der Waals surface area (Å²) in [4.78, 5) is 12.4. The molecule has 1 heterocycles. The molecule has 23 heavy (non-hydrogen) atoms.